The van der Waals surface area contributed by atoms with Crippen LogP contribution in [0.5, 0.6) is 0 Å². The summed E-state index contributed by atoms with van der Waals surface area (Å²) in [6.07, 6.45) is 1.00. The number of rotatable bonds is 9. The first-order valence-electron chi connectivity index (χ1n) is 6.76. The number of carboxylic acids is 1. The van der Waals surface area contributed by atoms with Crippen molar-refractivity contribution in [2.75, 3.05) is 19.8 Å². The van der Waals surface area contributed by atoms with Crippen LogP contribution in [0.1, 0.15) is 35.8 Å². The summed E-state index contributed by atoms with van der Waals surface area (Å²) in [5, 5.41) is 16.0. The molecule has 0 saturated carbocycles. The average Bonchev–Trinajstić information content (AvgIpc) is 2.89. The topological polar surface area (TPSA) is 101 Å². The molecule has 1 heterocycles. The van der Waals surface area contributed by atoms with Gasteiger partial charge in [0.25, 0.3) is 0 Å². The third-order valence-corrected chi connectivity index (χ3v) is 3.39. The van der Waals surface area contributed by atoms with Crippen molar-refractivity contribution in [3.8, 4) is 0 Å². The zero-order valence-corrected chi connectivity index (χ0v) is 13.0. The normalized spacial score (nSPS) is 10.6. The number of nitrogens with one attached hydrogen (secondary N) is 2. The lowest BCUT2D eigenvalue weighted by atomic mass is 10.1. The maximum atomic E-state index is 11.5. The van der Waals surface area contributed by atoms with E-state index < -0.39 is 5.97 Å². The van der Waals surface area contributed by atoms with Crippen LogP contribution in [0, 0.1) is 5.92 Å². The van der Waals surface area contributed by atoms with Crippen molar-refractivity contribution in [2.45, 2.75) is 26.8 Å². The molecule has 0 spiro atoms. The minimum Gasteiger partial charge on any atom is -0.476 e. The van der Waals surface area contributed by atoms with Gasteiger partial charge >= 0.3 is 12.0 Å². The Morgan fingerprint density at radius 1 is 1.38 bits per heavy atom. The lowest BCUT2D eigenvalue weighted by Crippen LogP contribution is -2.37. The molecule has 8 heteroatoms. The Hall–Kier alpha value is -1.67. The number of hydrogen-bond donors (Lipinski definition) is 3. The summed E-state index contributed by atoms with van der Waals surface area (Å²) < 4.78 is 5.37. The van der Waals surface area contributed by atoms with Gasteiger partial charge in [-0.25, -0.2) is 14.6 Å². The van der Waals surface area contributed by atoms with Crippen LogP contribution in [0.15, 0.2) is 5.38 Å². The fourth-order valence-electron chi connectivity index (χ4n) is 1.37. The highest BCUT2D eigenvalue weighted by Gasteiger charge is 2.09. The smallest absolute Gasteiger partial charge is 0.355 e. The van der Waals surface area contributed by atoms with Gasteiger partial charge in [-0.2, -0.15) is 0 Å². The summed E-state index contributed by atoms with van der Waals surface area (Å²) in [7, 11) is 0. The van der Waals surface area contributed by atoms with Crippen molar-refractivity contribution in [1.29, 1.82) is 0 Å². The van der Waals surface area contributed by atoms with Crippen LogP contribution in [-0.2, 0) is 11.3 Å². The number of carboxylic acid groups (broad SMARTS) is 1. The van der Waals surface area contributed by atoms with Gasteiger partial charge in [0.15, 0.2) is 5.69 Å². The van der Waals surface area contributed by atoms with E-state index in [9.17, 15) is 9.59 Å². The SMILES string of the molecule is CC(C)CCOCCNC(=O)NCc1nc(C(=O)O)cs1. The lowest BCUT2D eigenvalue weighted by molar-refractivity contribution is 0.0691. The quantitative estimate of drug-likeness (QED) is 0.602. The molecule has 1 aromatic heterocycles. The van der Waals surface area contributed by atoms with Crippen molar-refractivity contribution < 1.29 is 19.4 Å². The van der Waals surface area contributed by atoms with Crippen molar-refractivity contribution in [2.24, 2.45) is 5.92 Å². The second-order valence-corrected chi connectivity index (χ2v) is 5.78. The molecule has 0 aromatic carbocycles. The molecule has 0 saturated heterocycles. The van der Waals surface area contributed by atoms with Crippen LogP contribution in [0.3, 0.4) is 0 Å². The number of thiazole rings is 1. The van der Waals surface area contributed by atoms with Crippen LogP contribution < -0.4 is 10.6 Å². The van der Waals surface area contributed by atoms with Crippen LogP contribution in [0.2, 0.25) is 0 Å². The monoisotopic (exact) mass is 315 g/mol. The minimum absolute atomic E-state index is 0.00393. The maximum Gasteiger partial charge on any atom is 0.355 e. The van der Waals surface area contributed by atoms with Gasteiger partial charge in [0.1, 0.15) is 5.01 Å². The second-order valence-electron chi connectivity index (χ2n) is 4.84. The van der Waals surface area contributed by atoms with Gasteiger partial charge in [-0.05, 0) is 12.3 Å². The Morgan fingerprint density at radius 2 is 2.14 bits per heavy atom. The number of ether oxygens (including phenoxy) is 1. The summed E-state index contributed by atoms with van der Waals surface area (Å²) in [5.41, 5.74) is -0.00393. The molecular formula is C13H21N3O4S. The molecule has 0 aliphatic carbocycles. The van der Waals surface area contributed by atoms with E-state index in [-0.39, 0.29) is 18.3 Å². The van der Waals surface area contributed by atoms with Gasteiger partial charge in [-0.1, -0.05) is 13.8 Å². The molecule has 21 heavy (non-hydrogen) atoms. The number of nitrogens with zero attached hydrogens (tertiary/aromatic N) is 1. The first-order valence-corrected chi connectivity index (χ1v) is 7.64. The molecule has 0 atom stereocenters. The van der Waals surface area contributed by atoms with Gasteiger partial charge in [0, 0.05) is 18.5 Å². The van der Waals surface area contributed by atoms with E-state index >= 15 is 0 Å². The zero-order chi connectivity index (χ0) is 15.7. The summed E-state index contributed by atoms with van der Waals surface area (Å²) in [4.78, 5) is 26.0. The van der Waals surface area contributed by atoms with Gasteiger partial charge in [-0.3, -0.25) is 0 Å². The average molecular weight is 315 g/mol. The predicted molar refractivity (Wildman–Crippen MR) is 79.6 cm³/mol. The maximum absolute atomic E-state index is 11.5. The van der Waals surface area contributed by atoms with Gasteiger partial charge in [0.2, 0.25) is 0 Å². The second kappa shape index (κ2) is 9.30. The highest BCUT2D eigenvalue weighted by molar-refractivity contribution is 7.09. The summed E-state index contributed by atoms with van der Waals surface area (Å²) >= 11 is 1.20. The van der Waals surface area contributed by atoms with E-state index in [0.29, 0.717) is 30.7 Å². The van der Waals surface area contributed by atoms with E-state index in [1.807, 2.05) is 0 Å². The first kappa shape index (κ1) is 17.4. The van der Waals surface area contributed by atoms with E-state index in [4.69, 9.17) is 9.84 Å². The van der Waals surface area contributed by atoms with E-state index in [0.717, 1.165) is 6.42 Å². The van der Waals surface area contributed by atoms with Crippen LogP contribution in [0.4, 0.5) is 4.79 Å². The number of amides is 2. The number of carbonyl (C=O) groups excluding carboxylic acids is 1. The Bertz CT molecular complexity index is 462. The van der Waals surface area contributed by atoms with Crippen LogP contribution in [0.25, 0.3) is 0 Å². The fraction of sp³-hybridized carbons (Fsp3) is 0.615. The van der Waals surface area contributed by atoms with E-state index in [2.05, 4.69) is 29.5 Å². The summed E-state index contributed by atoms with van der Waals surface area (Å²) in [6.45, 7) is 6.06. The van der Waals surface area contributed by atoms with Crippen LogP contribution >= 0.6 is 11.3 Å². The molecule has 0 aliphatic heterocycles. The number of aromatic carboxylic acids is 1. The Kier molecular flexibility index (Phi) is 7.70. The van der Waals surface area contributed by atoms with Crippen molar-refractivity contribution >= 4 is 23.3 Å². The predicted octanol–water partition coefficient (Wildman–Crippen LogP) is 1.70. The highest BCUT2D eigenvalue weighted by Crippen LogP contribution is 2.09. The number of carbonyl (C=O) groups is 2. The lowest BCUT2D eigenvalue weighted by Gasteiger charge is -2.08. The molecule has 118 valence electrons. The largest absolute Gasteiger partial charge is 0.476 e. The molecule has 0 unspecified atom stereocenters. The number of hydrogen-bond acceptors (Lipinski definition) is 5. The molecule has 0 radical (unpaired) electrons. The molecule has 3 N–H and O–H groups in total. The molecule has 0 fully saturated rings. The first-order chi connectivity index (χ1) is 9.99. The van der Waals surface area contributed by atoms with Gasteiger partial charge < -0.3 is 20.5 Å². The van der Waals surface area contributed by atoms with Crippen molar-refractivity contribution in [1.82, 2.24) is 15.6 Å². The minimum atomic E-state index is -1.07. The third kappa shape index (κ3) is 7.62. The summed E-state index contributed by atoms with van der Waals surface area (Å²) in [6, 6.07) is -0.325. The van der Waals surface area contributed by atoms with Gasteiger partial charge in [-0.15, -0.1) is 11.3 Å². The van der Waals surface area contributed by atoms with Gasteiger partial charge in [0.05, 0.1) is 13.2 Å². The highest BCUT2D eigenvalue weighted by atomic mass is 32.1. The molecule has 1 rings (SSSR count). The van der Waals surface area contributed by atoms with Crippen molar-refractivity contribution in [3.05, 3.63) is 16.1 Å². The number of urea groups is 1. The van der Waals surface area contributed by atoms with Crippen molar-refractivity contribution in [3.63, 3.8) is 0 Å². The van der Waals surface area contributed by atoms with E-state index in [1.54, 1.807) is 0 Å². The molecule has 1 aromatic rings. The Balaban J connectivity index is 2.09. The molecule has 0 aliphatic rings. The summed E-state index contributed by atoms with van der Waals surface area (Å²) in [5.74, 6) is -0.462. The molecule has 7 nitrogen and oxygen atoms in total. The van der Waals surface area contributed by atoms with Crippen LogP contribution in [-0.4, -0.2) is 41.8 Å². The molecular weight excluding hydrogens is 294 g/mol. The fourth-order valence-corrected chi connectivity index (χ4v) is 2.07. The van der Waals surface area contributed by atoms with E-state index in [1.165, 1.54) is 16.7 Å². The molecule has 2 amide bonds. The standard InChI is InChI=1S/C13H21N3O4S/c1-9(2)3-5-20-6-4-14-13(19)15-7-11-16-10(8-21-11)12(17)18/h8-9H,3-7H2,1-2H3,(H,17,18)(H2,14,15,19). The Morgan fingerprint density at radius 3 is 2.76 bits per heavy atom. The Labute approximate surface area is 127 Å². The molecule has 0 bridgehead atoms. The third-order valence-electron chi connectivity index (χ3n) is 2.54. The number of aromatic nitrogens is 1. The zero-order valence-electron chi connectivity index (χ0n) is 12.2.